The zero-order valence-corrected chi connectivity index (χ0v) is 13.4. The topological polar surface area (TPSA) is 67.0 Å². The number of amides is 2. The van der Waals surface area contributed by atoms with E-state index in [1.54, 1.807) is 17.0 Å². The predicted octanol–water partition coefficient (Wildman–Crippen LogP) is 0.537. The van der Waals surface area contributed by atoms with Gasteiger partial charge in [-0.3, -0.25) is 9.59 Å². The van der Waals surface area contributed by atoms with E-state index in [9.17, 15) is 18.4 Å². The summed E-state index contributed by atoms with van der Waals surface area (Å²) in [6.45, 7) is 2.37. The molecule has 2 heterocycles. The van der Waals surface area contributed by atoms with E-state index in [4.69, 9.17) is 4.42 Å². The van der Waals surface area contributed by atoms with Crippen molar-refractivity contribution in [2.75, 3.05) is 38.0 Å². The molecule has 0 radical (unpaired) electrons. The van der Waals surface area contributed by atoms with Crippen molar-refractivity contribution >= 4 is 17.5 Å². The third kappa shape index (κ3) is 4.21. The number of nitrogens with zero attached hydrogens (tertiary/aromatic N) is 1. The smallest absolute Gasteiger partial charge is 0.289 e. The van der Waals surface area contributed by atoms with E-state index in [0.717, 1.165) is 17.0 Å². The first-order valence-electron chi connectivity index (χ1n) is 7.94. The van der Waals surface area contributed by atoms with Gasteiger partial charge in [0.2, 0.25) is 0 Å². The van der Waals surface area contributed by atoms with E-state index in [2.05, 4.69) is 5.32 Å². The van der Waals surface area contributed by atoms with E-state index >= 15 is 0 Å². The second-order valence-corrected chi connectivity index (χ2v) is 5.87. The molecule has 0 bridgehead atoms. The number of carbonyl (C=O) groups excluding carboxylic acids is 2. The lowest BCUT2D eigenvalue weighted by Gasteiger charge is -2.31. The summed E-state index contributed by atoms with van der Waals surface area (Å²) in [6, 6.07) is 6.28. The largest absolute Gasteiger partial charge is 0.459 e. The Hall–Kier alpha value is -2.74. The molecule has 0 atom stereocenters. The molecule has 2 amide bonds. The average Bonchev–Trinajstić information content (AvgIpc) is 3.12. The molecule has 1 aromatic carbocycles. The molecule has 3 rings (SSSR count). The first-order valence-corrected chi connectivity index (χ1v) is 7.94. The quantitative estimate of drug-likeness (QED) is 0.846. The van der Waals surface area contributed by atoms with Gasteiger partial charge in [-0.25, -0.2) is 8.78 Å². The third-order valence-corrected chi connectivity index (χ3v) is 4.11. The van der Waals surface area contributed by atoms with Gasteiger partial charge in [0.15, 0.2) is 12.3 Å². The Morgan fingerprint density at radius 3 is 2.60 bits per heavy atom. The van der Waals surface area contributed by atoms with Crippen molar-refractivity contribution in [1.29, 1.82) is 0 Å². The number of furan rings is 1. The maximum absolute atomic E-state index is 13.5. The van der Waals surface area contributed by atoms with Crippen LogP contribution in [0.4, 0.5) is 14.5 Å². The zero-order valence-electron chi connectivity index (χ0n) is 13.4. The minimum Gasteiger partial charge on any atom is -0.459 e. The van der Waals surface area contributed by atoms with Crippen molar-refractivity contribution in [3.05, 3.63) is 54.0 Å². The maximum Gasteiger partial charge on any atom is 0.289 e. The molecule has 1 fully saturated rings. The highest BCUT2D eigenvalue weighted by atomic mass is 19.1. The van der Waals surface area contributed by atoms with Crippen LogP contribution in [0.5, 0.6) is 0 Å². The van der Waals surface area contributed by atoms with Gasteiger partial charge in [-0.15, -0.1) is 0 Å². The first-order chi connectivity index (χ1) is 12.0. The van der Waals surface area contributed by atoms with Crippen molar-refractivity contribution in [2.24, 2.45) is 0 Å². The Kier molecular flexibility index (Phi) is 5.08. The first kappa shape index (κ1) is 17.1. The standard InChI is InChI=1S/C17H17F2N3O3/c18-12-3-4-14(13(19)10-12)20-16(23)11-21-5-7-22(8-6-21)17(24)15-2-1-9-25-15/h1-4,9-10H,5-8,11H2,(H,20,23)/p+1. The SMILES string of the molecule is O=C(C[NH+]1CCN(C(=O)c2ccco2)CC1)Nc1ccc(F)cc1F. The van der Waals surface area contributed by atoms with Crippen LogP contribution in [0.15, 0.2) is 41.0 Å². The molecule has 2 aromatic rings. The summed E-state index contributed by atoms with van der Waals surface area (Å²) in [5.41, 5.74) is -0.0440. The molecule has 2 N–H and O–H groups in total. The van der Waals surface area contributed by atoms with Crippen molar-refractivity contribution < 1.29 is 27.7 Å². The van der Waals surface area contributed by atoms with Crippen molar-refractivity contribution in [2.45, 2.75) is 0 Å². The van der Waals surface area contributed by atoms with Crippen molar-refractivity contribution in [1.82, 2.24) is 4.90 Å². The van der Waals surface area contributed by atoms with Crippen molar-refractivity contribution in [3.8, 4) is 0 Å². The molecule has 0 unspecified atom stereocenters. The van der Waals surface area contributed by atoms with Gasteiger partial charge in [0, 0.05) is 6.07 Å². The van der Waals surface area contributed by atoms with Gasteiger partial charge < -0.3 is 19.5 Å². The molecule has 1 aliphatic heterocycles. The van der Waals surface area contributed by atoms with Crippen LogP contribution < -0.4 is 10.2 Å². The summed E-state index contributed by atoms with van der Waals surface area (Å²) in [5, 5.41) is 2.44. The van der Waals surface area contributed by atoms with Gasteiger partial charge in [-0.05, 0) is 24.3 Å². The van der Waals surface area contributed by atoms with Crippen LogP contribution in [0.25, 0.3) is 0 Å². The lowest BCUT2D eigenvalue weighted by Crippen LogP contribution is -3.15. The molecule has 0 aliphatic carbocycles. The van der Waals surface area contributed by atoms with Gasteiger partial charge in [0.1, 0.15) is 11.6 Å². The summed E-state index contributed by atoms with van der Waals surface area (Å²) < 4.78 is 31.5. The van der Waals surface area contributed by atoms with Gasteiger partial charge in [-0.2, -0.15) is 0 Å². The van der Waals surface area contributed by atoms with Gasteiger partial charge in [-0.1, -0.05) is 0 Å². The lowest BCUT2D eigenvalue weighted by atomic mass is 10.2. The number of piperazine rings is 1. The summed E-state index contributed by atoms with van der Waals surface area (Å²) in [5.74, 6) is -1.73. The van der Waals surface area contributed by atoms with E-state index in [1.807, 2.05) is 0 Å². The molecule has 132 valence electrons. The molecule has 1 aromatic heterocycles. The van der Waals surface area contributed by atoms with Crippen LogP contribution in [0, 0.1) is 11.6 Å². The summed E-state index contributed by atoms with van der Waals surface area (Å²) in [6.07, 6.45) is 1.45. The fourth-order valence-corrected chi connectivity index (χ4v) is 2.77. The highest BCUT2D eigenvalue weighted by Gasteiger charge is 2.27. The second kappa shape index (κ2) is 7.43. The molecule has 1 aliphatic rings. The lowest BCUT2D eigenvalue weighted by molar-refractivity contribution is -0.895. The van der Waals surface area contributed by atoms with Crippen LogP contribution in [0.1, 0.15) is 10.6 Å². The summed E-state index contributed by atoms with van der Waals surface area (Å²) in [7, 11) is 0. The Morgan fingerprint density at radius 2 is 1.96 bits per heavy atom. The number of quaternary nitrogens is 1. The van der Waals surface area contributed by atoms with Crippen LogP contribution in [0.2, 0.25) is 0 Å². The maximum atomic E-state index is 13.5. The Bertz CT molecular complexity index is 757. The number of anilines is 1. The minimum atomic E-state index is -0.808. The molecule has 6 nitrogen and oxygen atoms in total. The summed E-state index contributed by atoms with van der Waals surface area (Å²) >= 11 is 0. The molecule has 0 spiro atoms. The molecule has 25 heavy (non-hydrogen) atoms. The number of nitrogens with one attached hydrogen (secondary N) is 2. The van der Waals surface area contributed by atoms with Gasteiger partial charge >= 0.3 is 0 Å². The van der Waals surface area contributed by atoms with Gasteiger partial charge in [0.05, 0.1) is 38.1 Å². The Labute approximate surface area is 143 Å². The predicted molar refractivity (Wildman–Crippen MR) is 85.2 cm³/mol. The highest BCUT2D eigenvalue weighted by Crippen LogP contribution is 2.14. The Morgan fingerprint density at radius 1 is 1.20 bits per heavy atom. The normalized spacial score (nSPS) is 15.2. The number of hydrogen-bond donors (Lipinski definition) is 2. The van der Waals surface area contributed by atoms with Crippen LogP contribution in [-0.2, 0) is 4.79 Å². The van der Waals surface area contributed by atoms with Gasteiger partial charge in [0.25, 0.3) is 11.8 Å². The zero-order chi connectivity index (χ0) is 17.8. The average molecular weight is 350 g/mol. The van der Waals surface area contributed by atoms with Crippen LogP contribution in [-0.4, -0.2) is 49.4 Å². The molecular weight excluding hydrogens is 332 g/mol. The van der Waals surface area contributed by atoms with Crippen molar-refractivity contribution in [3.63, 3.8) is 0 Å². The number of benzene rings is 1. The molecular formula is C17H18F2N3O3+. The minimum absolute atomic E-state index is 0.0440. The monoisotopic (exact) mass is 350 g/mol. The summed E-state index contributed by atoms with van der Waals surface area (Å²) in [4.78, 5) is 26.9. The number of hydrogen-bond acceptors (Lipinski definition) is 3. The molecule has 0 saturated carbocycles. The number of rotatable bonds is 4. The Balaban J connectivity index is 1.48. The molecule has 1 saturated heterocycles. The van der Waals surface area contributed by atoms with E-state index in [1.165, 1.54) is 12.3 Å². The fraction of sp³-hybridized carbons (Fsp3) is 0.294. The highest BCUT2D eigenvalue weighted by molar-refractivity contribution is 5.92. The third-order valence-electron chi connectivity index (χ3n) is 4.11. The van der Waals surface area contributed by atoms with Crippen LogP contribution in [0.3, 0.4) is 0 Å². The fourth-order valence-electron chi connectivity index (χ4n) is 2.77. The van der Waals surface area contributed by atoms with Crippen LogP contribution >= 0.6 is 0 Å². The molecule has 8 heteroatoms. The second-order valence-electron chi connectivity index (χ2n) is 5.87. The number of halogens is 2. The van der Waals surface area contributed by atoms with E-state index in [0.29, 0.717) is 31.9 Å². The number of carbonyl (C=O) groups is 2. The van der Waals surface area contributed by atoms with E-state index in [-0.39, 0.29) is 24.0 Å². The van der Waals surface area contributed by atoms with E-state index < -0.39 is 11.6 Å².